The SMILES string of the molecule is [Cl-].[Cl-].[Cl-].[NH-]C=O.[NH-]C=O.[Zr+3]. The van der Waals surface area contributed by atoms with Gasteiger partial charge in [0.05, 0.1) is 0 Å². The summed E-state index contributed by atoms with van der Waals surface area (Å²) in [4.78, 5) is 16.9. The van der Waals surface area contributed by atoms with Crippen molar-refractivity contribution in [2.75, 3.05) is 0 Å². The van der Waals surface area contributed by atoms with E-state index in [0.717, 1.165) is 0 Å². The second-order valence-corrected chi connectivity index (χ2v) is 0.236. The van der Waals surface area contributed by atoms with E-state index in [-0.39, 0.29) is 76.2 Å². The molecule has 0 heterocycles. The molecule has 0 bridgehead atoms. The van der Waals surface area contributed by atoms with Gasteiger partial charge >= 0.3 is 26.2 Å². The molecule has 2 N–H and O–H groups in total. The van der Waals surface area contributed by atoms with Gasteiger partial charge < -0.3 is 58.3 Å². The normalized spacial score (nSPS) is 2.40. The Morgan fingerprint density at radius 2 is 0.800 bits per heavy atom. The number of nitrogens with one attached hydrogen (secondary N) is 2. The minimum atomic E-state index is 0. The average molecular weight is 286 g/mol. The molecule has 0 aliphatic heterocycles. The maximum Gasteiger partial charge on any atom is 3.00 e. The second-order valence-electron chi connectivity index (χ2n) is 0.236. The van der Waals surface area contributed by atoms with Crippen LogP contribution in [0.15, 0.2) is 0 Å². The molecule has 0 atom stereocenters. The molecule has 0 spiro atoms. The maximum absolute atomic E-state index is 8.47. The molecule has 0 fully saturated rings. The van der Waals surface area contributed by atoms with Crippen LogP contribution in [0.25, 0.3) is 11.5 Å². The summed E-state index contributed by atoms with van der Waals surface area (Å²) >= 11 is 0. The van der Waals surface area contributed by atoms with Crippen molar-refractivity contribution < 1.29 is 73.0 Å². The van der Waals surface area contributed by atoms with Crippen LogP contribution in [0.3, 0.4) is 0 Å². The van der Waals surface area contributed by atoms with Crippen LogP contribution >= 0.6 is 0 Å². The minimum absolute atomic E-state index is 0. The van der Waals surface area contributed by atoms with Crippen LogP contribution < -0.4 is 37.2 Å². The summed E-state index contributed by atoms with van der Waals surface area (Å²) in [6.45, 7) is 0. The van der Waals surface area contributed by atoms with Gasteiger partial charge in [0.25, 0.3) is 0 Å². The zero-order chi connectivity index (χ0) is 5.41. The van der Waals surface area contributed by atoms with Crippen molar-refractivity contribution in [3.8, 4) is 0 Å². The van der Waals surface area contributed by atoms with Crippen molar-refractivity contribution in [2.24, 2.45) is 0 Å². The van der Waals surface area contributed by atoms with Crippen LogP contribution in [0.1, 0.15) is 0 Å². The van der Waals surface area contributed by atoms with E-state index in [1.54, 1.807) is 0 Å². The number of halogens is 3. The summed E-state index contributed by atoms with van der Waals surface area (Å²) < 4.78 is 0. The minimum Gasteiger partial charge on any atom is -1.00 e. The molecule has 0 aliphatic carbocycles. The zero-order valence-electron chi connectivity index (χ0n) is 4.61. The van der Waals surface area contributed by atoms with E-state index in [1.165, 1.54) is 0 Å². The van der Waals surface area contributed by atoms with Gasteiger partial charge in [0, 0.05) is 12.8 Å². The van der Waals surface area contributed by atoms with E-state index in [4.69, 9.17) is 21.1 Å². The van der Waals surface area contributed by atoms with Gasteiger partial charge in [-0.15, -0.1) is 0 Å². The van der Waals surface area contributed by atoms with Gasteiger partial charge in [0.1, 0.15) is 0 Å². The van der Waals surface area contributed by atoms with Gasteiger partial charge in [0.15, 0.2) is 0 Å². The molecule has 2 amide bonds. The van der Waals surface area contributed by atoms with Gasteiger partial charge in [0.2, 0.25) is 0 Å². The van der Waals surface area contributed by atoms with Gasteiger partial charge in [-0.3, -0.25) is 0 Å². The number of hydrogen-bond acceptors (Lipinski definition) is 2. The molecule has 1 radical (unpaired) electrons. The van der Waals surface area contributed by atoms with Crippen molar-refractivity contribution >= 4 is 12.8 Å². The molecule has 0 aromatic heterocycles. The first-order valence-corrected chi connectivity index (χ1v) is 1.05. The summed E-state index contributed by atoms with van der Waals surface area (Å²) in [7, 11) is 0. The Morgan fingerprint density at radius 3 is 0.800 bits per heavy atom. The summed E-state index contributed by atoms with van der Waals surface area (Å²) in [5.74, 6) is 0. The molecule has 0 aliphatic rings. The monoisotopic (exact) mass is 283 g/mol. The fourth-order valence-electron chi connectivity index (χ4n) is 0. The van der Waals surface area contributed by atoms with E-state index in [2.05, 4.69) is 0 Å². The Labute approximate surface area is 96.8 Å². The molecular formula is C2H4Cl3N2O2Zr-2. The molecule has 8 heteroatoms. The second kappa shape index (κ2) is 101. The predicted octanol–water partition coefficient (Wildman–Crippen LogP) is -8.60. The molecule has 0 saturated heterocycles. The van der Waals surface area contributed by atoms with Crippen molar-refractivity contribution in [3.05, 3.63) is 11.5 Å². The third-order valence-corrected chi connectivity index (χ3v) is 0. The van der Waals surface area contributed by atoms with E-state index in [0.29, 0.717) is 0 Å². The molecule has 0 saturated carbocycles. The average Bonchev–Trinajstić information content (AvgIpc) is 1.39. The third-order valence-electron chi connectivity index (χ3n) is 0. The van der Waals surface area contributed by atoms with Gasteiger partial charge in [-0.05, 0) is 0 Å². The van der Waals surface area contributed by atoms with Gasteiger partial charge in [-0.25, -0.2) is 0 Å². The first kappa shape index (κ1) is 45.6. The standard InChI is InChI=1S/2CH3NO.3ClH.Zr/c2*2-1-3;;;;/h2*1H,(H2,2,3);3*1H;/q;;;;;+3/p-5. The predicted molar refractivity (Wildman–Crippen MR) is 20.8 cm³/mol. The summed E-state index contributed by atoms with van der Waals surface area (Å²) in [6.07, 6.45) is 0. The molecule has 0 aromatic carbocycles. The van der Waals surface area contributed by atoms with Gasteiger partial charge in [-0.2, -0.15) is 0 Å². The summed E-state index contributed by atoms with van der Waals surface area (Å²) in [5, 5.41) is 0. The van der Waals surface area contributed by atoms with E-state index in [9.17, 15) is 0 Å². The van der Waals surface area contributed by atoms with Crippen molar-refractivity contribution in [1.29, 1.82) is 0 Å². The molecular weight excluding hydrogens is 282 g/mol. The van der Waals surface area contributed by atoms with Crippen LogP contribution in [0.4, 0.5) is 0 Å². The van der Waals surface area contributed by atoms with Crippen LogP contribution in [0.2, 0.25) is 0 Å². The molecule has 61 valence electrons. The van der Waals surface area contributed by atoms with E-state index >= 15 is 0 Å². The third kappa shape index (κ3) is 1070. The van der Waals surface area contributed by atoms with E-state index < -0.39 is 0 Å². The first-order chi connectivity index (χ1) is 2.83. The van der Waals surface area contributed by atoms with Crippen molar-refractivity contribution in [3.63, 3.8) is 0 Å². The summed E-state index contributed by atoms with van der Waals surface area (Å²) in [6, 6.07) is 0. The van der Waals surface area contributed by atoms with Crippen LogP contribution in [-0.4, -0.2) is 12.8 Å². The molecule has 0 aromatic rings. The topological polar surface area (TPSA) is 81.7 Å². The van der Waals surface area contributed by atoms with Crippen LogP contribution in [-0.2, 0) is 35.8 Å². The number of carbonyl (C=O) groups is 2. The Bertz CT molecular complexity index is 43.5. The van der Waals surface area contributed by atoms with Crippen LogP contribution in [0.5, 0.6) is 0 Å². The smallest absolute Gasteiger partial charge is 1.00 e. The number of amides is 2. The molecule has 0 rings (SSSR count). The number of hydrogen-bond donors (Lipinski definition) is 0. The fraction of sp³-hybridized carbons (Fsp3) is 0. The fourth-order valence-corrected chi connectivity index (χ4v) is 0. The Balaban J connectivity index is -0.00000000571. The Hall–Kier alpha value is 0.693. The van der Waals surface area contributed by atoms with Crippen molar-refractivity contribution in [1.82, 2.24) is 0 Å². The number of carbonyl (C=O) groups excluding carboxylic acids is 2. The van der Waals surface area contributed by atoms with Crippen molar-refractivity contribution in [2.45, 2.75) is 0 Å². The van der Waals surface area contributed by atoms with E-state index in [1.807, 2.05) is 0 Å². The first-order valence-electron chi connectivity index (χ1n) is 1.05. The largest absolute Gasteiger partial charge is 3.00 e. The quantitative estimate of drug-likeness (QED) is 0.414. The summed E-state index contributed by atoms with van der Waals surface area (Å²) in [5.41, 5.74) is 11.1. The van der Waals surface area contributed by atoms with Gasteiger partial charge in [-0.1, -0.05) is 0 Å². The van der Waals surface area contributed by atoms with Crippen LogP contribution in [0, 0.1) is 0 Å². The molecule has 0 unspecified atom stereocenters. The number of rotatable bonds is 0. The molecule has 4 nitrogen and oxygen atoms in total. The Kier molecular flexibility index (Phi) is 461. The zero-order valence-corrected chi connectivity index (χ0v) is 9.33. The molecule has 10 heavy (non-hydrogen) atoms. The maximum atomic E-state index is 8.47. The Morgan fingerprint density at radius 1 is 0.800 bits per heavy atom.